The molecule has 2 aromatic heterocycles. The first-order valence-electron chi connectivity index (χ1n) is 10.2. The van der Waals surface area contributed by atoms with Gasteiger partial charge in [0.1, 0.15) is 11.0 Å². The summed E-state index contributed by atoms with van der Waals surface area (Å²) in [5.41, 5.74) is 2.36. The molecule has 1 atom stereocenters. The van der Waals surface area contributed by atoms with E-state index in [2.05, 4.69) is 20.6 Å². The van der Waals surface area contributed by atoms with Crippen LogP contribution in [-0.4, -0.2) is 35.6 Å². The largest absolute Gasteiger partial charge is 0.481 e. The maximum atomic E-state index is 15.1. The summed E-state index contributed by atoms with van der Waals surface area (Å²) in [6, 6.07) is 8.37. The van der Waals surface area contributed by atoms with Crippen LogP contribution >= 0.6 is 34.8 Å². The van der Waals surface area contributed by atoms with Crippen LogP contribution in [0.4, 0.5) is 4.39 Å². The van der Waals surface area contributed by atoms with Crippen molar-refractivity contribution in [1.29, 1.82) is 0 Å². The Bertz CT molecular complexity index is 1210. The molecule has 0 radical (unpaired) electrons. The second-order valence-corrected chi connectivity index (χ2v) is 8.66. The summed E-state index contributed by atoms with van der Waals surface area (Å²) in [5, 5.41) is 6.81. The zero-order chi connectivity index (χ0) is 23.5. The van der Waals surface area contributed by atoms with Gasteiger partial charge in [-0.2, -0.15) is 0 Å². The Labute approximate surface area is 205 Å². The van der Waals surface area contributed by atoms with E-state index in [1.54, 1.807) is 24.3 Å². The molecular weight excluding hydrogens is 490 g/mol. The summed E-state index contributed by atoms with van der Waals surface area (Å²) in [6.45, 7) is 0.729. The number of ether oxygens (including phenoxy) is 1. The average Bonchev–Trinajstić information content (AvgIpc) is 3.22. The number of benzene rings is 1. The third kappa shape index (κ3) is 5.06. The van der Waals surface area contributed by atoms with Crippen molar-refractivity contribution in [2.75, 3.05) is 13.7 Å². The lowest BCUT2D eigenvalue weighted by Crippen LogP contribution is -2.35. The molecule has 0 unspecified atom stereocenters. The molecule has 10 heteroatoms. The van der Waals surface area contributed by atoms with Gasteiger partial charge in [0.15, 0.2) is 0 Å². The van der Waals surface area contributed by atoms with Gasteiger partial charge in [0.25, 0.3) is 0 Å². The normalized spacial score (nSPS) is 15.5. The highest BCUT2D eigenvalue weighted by atomic mass is 35.5. The van der Waals surface area contributed by atoms with E-state index in [9.17, 15) is 4.79 Å². The molecule has 4 rings (SSSR count). The molecule has 3 heterocycles. The molecule has 1 fully saturated rings. The Hall–Kier alpha value is -2.45. The van der Waals surface area contributed by atoms with Gasteiger partial charge in [-0.3, -0.25) is 4.79 Å². The molecule has 1 saturated heterocycles. The van der Waals surface area contributed by atoms with Crippen LogP contribution in [0.2, 0.25) is 15.2 Å². The third-order valence-electron chi connectivity index (χ3n) is 5.41. The van der Waals surface area contributed by atoms with Crippen molar-refractivity contribution < 1.29 is 13.9 Å². The first-order valence-corrected chi connectivity index (χ1v) is 11.3. The van der Waals surface area contributed by atoms with Crippen molar-refractivity contribution in [2.45, 2.75) is 25.4 Å². The van der Waals surface area contributed by atoms with E-state index in [-0.39, 0.29) is 34.5 Å². The number of pyridine rings is 2. The highest BCUT2D eigenvalue weighted by Gasteiger charge is 2.22. The third-order valence-corrected chi connectivity index (χ3v) is 6.59. The SMILES string of the molecule is COc1nc(-c2cccc(-c3ccnc(Cl)c3Cl)c2Cl)cc(F)c1CNC[C@@H]1CCC(=O)N1. The van der Waals surface area contributed by atoms with Crippen molar-refractivity contribution in [1.82, 2.24) is 20.6 Å². The zero-order valence-corrected chi connectivity index (χ0v) is 19.9. The topological polar surface area (TPSA) is 76.1 Å². The van der Waals surface area contributed by atoms with Gasteiger partial charge in [-0.1, -0.05) is 53.0 Å². The van der Waals surface area contributed by atoms with E-state index in [0.717, 1.165) is 6.42 Å². The summed E-state index contributed by atoms with van der Waals surface area (Å²) in [4.78, 5) is 19.8. The Morgan fingerprint density at radius 2 is 1.94 bits per heavy atom. The quantitative estimate of drug-likeness (QED) is 0.424. The van der Waals surface area contributed by atoms with Crippen LogP contribution in [0, 0.1) is 5.82 Å². The standard InChI is InChI=1S/C23H20Cl3FN4O2/c1-33-23-16(11-28-10-12-5-6-19(32)30-12)17(27)9-18(31-23)15-4-2-3-13(20(15)24)14-7-8-29-22(26)21(14)25/h2-4,7-9,12,28H,5-6,10-11H2,1H3,(H,30,32)/t12-/m0/s1. The first kappa shape index (κ1) is 23.7. The fourth-order valence-corrected chi connectivity index (χ4v) is 4.45. The molecule has 2 N–H and O–H groups in total. The Balaban J connectivity index is 1.62. The summed E-state index contributed by atoms with van der Waals surface area (Å²) in [5.74, 6) is -0.295. The number of aromatic nitrogens is 2. The minimum absolute atomic E-state index is 0.0333. The highest BCUT2D eigenvalue weighted by molar-refractivity contribution is 6.43. The number of methoxy groups -OCH3 is 1. The summed E-state index contributed by atoms with van der Waals surface area (Å²) < 4.78 is 20.5. The maximum absolute atomic E-state index is 15.1. The predicted octanol–water partition coefficient (Wildman–Crippen LogP) is 5.29. The van der Waals surface area contributed by atoms with Gasteiger partial charge in [-0.15, -0.1) is 0 Å². The van der Waals surface area contributed by atoms with E-state index in [1.165, 1.54) is 19.4 Å². The van der Waals surface area contributed by atoms with Gasteiger partial charge in [0, 0.05) is 54.5 Å². The molecular formula is C23H20Cl3FN4O2. The van der Waals surface area contributed by atoms with Gasteiger partial charge in [0.05, 0.1) is 28.4 Å². The van der Waals surface area contributed by atoms with Crippen molar-refractivity contribution in [3.05, 3.63) is 63.1 Å². The van der Waals surface area contributed by atoms with E-state index >= 15 is 4.39 Å². The maximum Gasteiger partial charge on any atom is 0.221 e. The van der Waals surface area contributed by atoms with Crippen LogP contribution in [0.5, 0.6) is 5.88 Å². The van der Waals surface area contributed by atoms with Gasteiger partial charge in [-0.25, -0.2) is 14.4 Å². The van der Waals surface area contributed by atoms with Gasteiger partial charge in [0.2, 0.25) is 11.8 Å². The monoisotopic (exact) mass is 508 g/mol. The lowest BCUT2D eigenvalue weighted by atomic mass is 10.0. The number of halogens is 4. The van der Waals surface area contributed by atoms with Crippen LogP contribution in [0.3, 0.4) is 0 Å². The van der Waals surface area contributed by atoms with E-state index < -0.39 is 5.82 Å². The summed E-state index contributed by atoms with van der Waals surface area (Å²) >= 11 is 19.1. The van der Waals surface area contributed by atoms with Crippen LogP contribution in [0.25, 0.3) is 22.4 Å². The molecule has 33 heavy (non-hydrogen) atoms. The Kier molecular flexibility index (Phi) is 7.34. The number of amides is 1. The van der Waals surface area contributed by atoms with Crippen LogP contribution < -0.4 is 15.4 Å². The number of nitrogens with zero attached hydrogens (tertiary/aromatic N) is 2. The molecule has 0 aliphatic carbocycles. The van der Waals surface area contributed by atoms with Crippen LogP contribution in [0.15, 0.2) is 36.5 Å². The molecule has 1 aromatic carbocycles. The smallest absolute Gasteiger partial charge is 0.221 e. The number of carbonyl (C=O) groups excluding carboxylic acids is 1. The van der Waals surface area contributed by atoms with Crippen molar-refractivity contribution >= 4 is 40.7 Å². The number of carbonyl (C=O) groups is 1. The molecule has 0 bridgehead atoms. The van der Waals surface area contributed by atoms with Crippen molar-refractivity contribution in [2.24, 2.45) is 0 Å². The fraction of sp³-hybridized carbons (Fsp3) is 0.261. The number of rotatable bonds is 7. The second-order valence-electron chi connectivity index (χ2n) is 7.54. The van der Waals surface area contributed by atoms with E-state index in [1.807, 2.05) is 0 Å². The van der Waals surface area contributed by atoms with Gasteiger partial charge >= 0.3 is 0 Å². The summed E-state index contributed by atoms with van der Waals surface area (Å²) in [7, 11) is 1.43. The molecule has 3 aromatic rings. The molecule has 1 aliphatic rings. The van der Waals surface area contributed by atoms with Gasteiger partial charge < -0.3 is 15.4 Å². The molecule has 172 valence electrons. The molecule has 1 aliphatic heterocycles. The predicted molar refractivity (Wildman–Crippen MR) is 127 cm³/mol. The minimum Gasteiger partial charge on any atom is -0.481 e. The fourth-order valence-electron chi connectivity index (χ4n) is 3.75. The number of hydrogen-bond acceptors (Lipinski definition) is 5. The summed E-state index contributed by atoms with van der Waals surface area (Å²) in [6.07, 6.45) is 2.80. The van der Waals surface area contributed by atoms with Crippen LogP contribution in [-0.2, 0) is 11.3 Å². The average molecular weight is 510 g/mol. The van der Waals surface area contributed by atoms with Crippen molar-refractivity contribution in [3.8, 4) is 28.3 Å². The minimum atomic E-state index is -0.480. The Morgan fingerprint density at radius 1 is 1.18 bits per heavy atom. The molecule has 0 spiro atoms. The number of nitrogens with one attached hydrogen (secondary N) is 2. The lowest BCUT2D eigenvalue weighted by Gasteiger charge is -2.16. The molecule has 0 saturated carbocycles. The van der Waals surface area contributed by atoms with Gasteiger partial charge in [-0.05, 0) is 12.5 Å². The van der Waals surface area contributed by atoms with E-state index in [4.69, 9.17) is 39.5 Å². The second kappa shape index (κ2) is 10.2. The first-order chi connectivity index (χ1) is 15.9. The molecule has 6 nitrogen and oxygen atoms in total. The molecule has 1 amide bonds. The number of hydrogen-bond donors (Lipinski definition) is 2. The Morgan fingerprint density at radius 3 is 2.67 bits per heavy atom. The van der Waals surface area contributed by atoms with E-state index in [0.29, 0.717) is 45.9 Å². The van der Waals surface area contributed by atoms with Crippen LogP contribution in [0.1, 0.15) is 18.4 Å². The van der Waals surface area contributed by atoms with Crippen molar-refractivity contribution in [3.63, 3.8) is 0 Å². The zero-order valence-electron chi connectivity index (χ0n) is 17.6. The lowest BCUT2D eigenvalue weighted by molar-refractivity contribution is -0.119. The highest BCUT2D eigenvalue weighted by Crippen LogP contribution is 2.40.